The summed E-state index contributed by atoms with van der Waals surface area (Å²) >= 11 is 0. The van der Waals surface area contributed by atoms with E-state index in [1.807, 2.05) is 0 Å². The second kappa shape index (κ2) is 14.9. The molecule has 2 aliphatic carbocycles. The van der Waals surface area contributed by atoms with Gasteiger partial charge in [0, 0.05) is 0 Å². The van der Waals surface area contributed by atoms with E-state index in [-0.39, 0.29) is 0 Å². The minimum absolute atomic E-state index is 0.421. The first kappa shape index (κ1) is 27.1. The third kappa shape index (κ3) is 13.2. The Balaban J connectivity index is 1.88. The Bertz CT molecular complexity index is 592. The van der Waals surface area contributed by atoms with Crippen molar-refractivity contribution in [2.75, 3.05) is 5.08 Å². The van der Waals surface area contributed by atoms with Crippen LogP contribution in [0.5, 0.6) is 0 Å². The highest BCUT2D eigenvalue weighted by atomic mass is 32.3. The highest BCUT2D eigenvalue weighted by Crippen LogP contribution is 2.23. The van der Waals surface area contributed by atoms with Crippen LogP contribution >= 0.6 is 0 Å². The number of rotatable bonds is 6. The topological polar surface area (TPSA) is 86.7 Å². The fourth-order valence-corrected chi connectivity index (χ4v) is 7.81. The van der Waals surface area contributed by atoms with Gasteiger partial charge in [-0.05, 0) is 25.7 Å². The summed E-state index contributed by atoms with van der Waals surface area (Å²) < 4.78 is 61.0. The Kier molecular flexibility index (Phi) is 13.0. The summed E-state index contributed by atoms with van der Waals surface area (Å²) in [7, 11) is -8.39. The first-order chi connectivity index (χ1) is 14.9. The van der Waals surface area contributed by atoms with Crippen molar-refractivity contribution in [2.24, 2.45) is 0 Å². The largest absolute Gasteiger partial charge is 0.284 e. The van der Waals surface area contributed by atoms with E-state index in [1.54, 1.807) is 0 Å². The summed E-state index contributed by atoms with van der Waals surface area (Å²) in [5.41, 5.74) is 0. The maximum absolute atomic E-state index is 12.6. The average Bonchev–Trinajstić information content (AvgIpc) is 2.77. The molecule has 0 heterocycles. The summed E-state index contributed by atoms with van der Waals surface area (Å²) in [6, 6.07) is 0. The lowest BCUT2D eigenvalue weighted by Crippen LogP contribution is -2.28. The summed E-state index contributed by atoms with van der Waals surface area (Å²) in [4.78, 5) is 0. The van der Waals surface area contributed by atoms with Crippen LogP contribution in [0, 0.1) is 0 Å². The molecule has 0 saturated heterocycles. The molecule has 184 valence electrons. The minimum atomic E-state index is -4.20. The second-order valence-electron chi connectivity index (χ2n) is 9.48. The van der Waals surface area contributed by atoms with E-state index in [1.165, 1.54) is 51.4 Å². The number of hydrogen-bond acceptors (Lipinski definition) is 6. The van der Waals surface area contributed by atoms with Gasteiger partial charge in [0.05, 0.1) is 12.2 Å². The van der Waals surface area contributed by atoms with Crippen molar-refractivity contribution in [3.63, 3.8) is 0 Å². The molecule has 0 spiro atoms. The average molecular weight is 481 g/mol. The van der Waals surface area contributed by atoms with Crippen molar-refractivity contribution in [1.29, 1.82) is 0 Å². The first-order valence-electron chi connectivity index (χ1n) is 12.7. The SMILES string of the molecule is O=S(=O)(CS(=O)(=O)OC1CCCCCCCCCC1)OC1CCCCCCCCCC1. The highest BCUT2D eigenvalue weighted by molar-refractivity contribution is 8.03. The molecule has 0 aromatic rings. The molecule has 6 nitrogen and oxygen atoms in total. The van der Waals surface area contributed by atoms with Gasteiger partial charge in [-0.15, -0.1) is 0 Å². The molecule has 2 fully saturated rings. The molecule has 0 amide bonds. The van der Waals surface area contributed by atoms with E-state index < -0.39 is 37.5 Å². The molecule has 0 unspecified atom stereocenters. The van der Waals surface area contributed by atoms with Gasteiger partial charge in [-0.2, -0.15) is 16.8 Å². The van der Waals surface area contributed by atoms with Crippen LogP contribution in [0.3, 0.4) is 0 Å². The summed E-state index contributed by atoms with van der Waals surface area (Å²) in [5.74, 6) is 0. The van der Waals surface area contributed by atoms with Crippen LogP contribution in [0.15, 0.2) is 0 Å². The van der Waals surface area contributed by atoms with Crippen LogP contribution in [0.25, 0.3) is 0 Å². The lowest BCUT2D eigenvalue weighted by Gasteiger charge is -2.19. The Morgan fingerprint density at radius 1 is 0.419 bits per heavy atom. The molecule has 2 saturated carbocycles. The molecule has 0 atom stereocenters. The Labute approximate surface area is 191 Å². The van der Waals surface area contributed by atoms with Crippen LogP contribution < -0.4 is 0 Å². The molecule has 0 radical (unpaired) electrons. The zero-order chi connectivity index (χ0) is 22.4. The number of hydrogen-bond donors (Lipinski definition) is 0. The van der Waals surface area contributed by atoms with E-state index in [0.717, 1.165) is 51.4 Å². The normalized spacial score (nSPS) is 23.5. The zero-order valence-electron chi connectivity index (χ0n) is 19.3. The molecule has 8 heteroatoms. The molecule has 31 heavy (non-hydrogen) atoms. The fraction of sp³-hybridized carbons (Fsp3) is 1.00. The van der Waals surface area contributed by atoms with Crippen LogP contribution in [-0.4, -0.2) is 34.1 Å². The van der Waals surface area contributed by atoms with Crippen molar-refractivity contribution < 1.29 is 25.2 Å². The molecule has 0 aromatic carbocycles. The van der Waals surface area contributed by atoms with E-state index in [2.05, 4.69) is 0 Å². The lowest BCUT2D eigenvalue weighted by atomic mass is 10.1. The van der Waals surface area contributed by atoms with Gasteiger partial charge in [-0.3, -0.25) is 8.37 Å². The zero-order valence-corrected chi connectivity index (χ0v) is 20.9. The maximum Gasteiger partial charge on any atom is 0.284 e. The molecular formula is C23H44O6S2. The second-order valence-corrected chi connectivity index (χ2v) is 13.0. The lowest BCUT2D eigenvalue weighted by molar-refractivity contribution is 0.176. The van der Waals surface area contributed by atoms with Crippen LogP contribution in [0.2, 0.25) is 0 Å². The van der Waals surface area contributed by atoms with Crippen molar-refractivity contribution in [2.45, 2.75) is 141 Å². The minimum Gasteiger partial charge on any atom is -0.266 e. The molecule has 0 aliphatic heterocycles. The van der Waals surface area contributed by atoms with Gasteiger partial charge in [0.1, 0.15) is 0 Å². The smallest absolute Gasteiger partial charge is 0.266 e. The van der Waals surface area contributed by atoms with Gasteiger partial charge in [0.15, 0.2) is 0 Å². The van der Waals surface area contributed by atoms with Crippen LogP contribution in [-0.2, 0) is 28.6 Å². The van der Waals surface area contributed by atoms with Crippen molar-refractivity contribution in [3.8, 4) is 0 Å². The Morgan fingerprint density at radius 2 is 0.645 bits per heavy atom. The van der Waals surface area contributed by atoms with Gasteiger partial charge < -0.3 is 0 Å². The van der Waals surface area contributed by atoms with Gasteiger partial charge in [-0.1, -0.05) is 103 Å². The summed E-state index contributed by atoms with van der Waals surface area (Å²) in [6.07, 6.45) is 19.4. The van der Waals surface area contributed by atoms with Gasteiger partial charge >= 0.3 is 0 Å². The molecular weight excluding hydrogens is 436 g/mol. The molecule has 0 bridgehead atoms. The maximum atomic E-state index is 12.6. The third-order valence-electron chi connectivity index (χ3n) is 6.46. The van der Waals surface area contributed by atoms with E-state index in [9.17, 15) is 16.8 Å². The Hall–Kier alpha value is -0.180. The van der Waals surface area contributed by atoms with Crippen LogP contribution in [0.1, 0.15) is 128 Å². The van der Waals surface area contributed by atoms with E-state index in [0.29, 0.717) is 25.7 Å². The first-order valence-corrected chi connectivity index (χ1v) is 15.8. The van der Waals surface area contributed by atoms with Crippen molar-refractivity contribution >= 4 is 20.2 Å². The van der Waals surface area contributed by atoms with Crippen LogP contribution in [0.4, 0.5) is 0 Å². The molecule has 0 N–H and O–H groups in total. The standard InChI is InChI=1S/C23H44O6S2/c24-30(25,28-22-17-13-9-5-1-2-6-10-14-18-22)21-31(26,27)29-23-19-15-11-7-3-4-8-12-16-20-23/h22-23H,1-21H2. The predicted molar refractivity (Wildman–Crippen MR) is 125 cm³/mol. The monoisotopic (exact) mass is 480 g/mol. The van der Waals surface area contributed by atoms with Crippen molar-refractivity contribution in [3.05, 3.63) is 0 Å². The molecule has 2 aliphatic rings. The summed E-state index contributed by atoms with van der Waals surface area (Å²) in [6.45, 7) is 0. The van der Waals surface area contributed by atoms with Crippen molar-refractivity contribution in [1.82, 2.24) is 0 Å². The quantitative estimate of drug-likeness (QED) is 0.420. The van der Waals surface area contributed by atoms with E-state index in [4.69, 9.17) is 8.37 Å². The molecule has 2 rings (SSSR count). The Morgan fingerprint density at radius 3 is 0.903 bits per heavy atom. The van der Waals surface area contributed by atoms with Gasteiger partial charge in [0.2, 0.25) is 5.08 Å². The van der Waals surface area contributed by atoms with E-state index >= 15 is 0 Å². The highest BCUT2D eigenvalue weighted by Gasteiger charge is 2.29. The predicted octanol–water partition coefficient (Wildman–Crippen LogP) is 6.20. The fourth-order valence-electron chi connectivity index (χ4n) is 4.74. The molecule has 0 aromatic heterocycles. The van der Waals surface area contributed by atoms with Gasteiger partial charge in [0.25, 0.3) is 20.2 Å². The summed E-state index contributed by atoms with van der Waals surface area (Å²) in [5, 5.41) is -1.08. The van der Waals surface area contributed by atoms with Gasteiger partial charge in [-0.25, -0.2) is 0 Å². The third-order valence-corrected chi connectivity index (χ3v) is 9.90.